The highest BCUT2D eigenvalue weighted by atomic mass is 16.6. The van der Waals surface area contributed by atoms with Crippen LogP contribution in [0.1, 0.15) is 52.0 Å². The monoisotopic (exact) mass is 438 g/mol. The molecule has 1 aromatic rings. The molecule has 0 aliphatic rings. The van der Waals surface area contributed by atoms with Gasteiger partial charge in [-0.2, -0.15) is 0 Å². The predicted molar refractivity (Wildman–Crippen MR) is 113 cm³/mol. The first-order valence-electron chi connectivity index (χ1n) is 10.8. The summed E-state index contributed by atoms with van der Waals surface area (Å²) in [4.78, 5) is 37.2. The average molecular weight is 439 g/mol. The molecule has 31 heavy (non-hydrogen) atoms. The molecule has 8 nitrogen and oxygen atoms in total. The number of rotatable bonds is 15. The second-order valence-electron chi connectivity index (χ2n) is 6.86. The fourth-order valence-electron chi connectivity index (χ4n) is 2.99. The molecule has 0 radical (unpaired) electrons. The van der Waals surface area contributed by atoms with Crippen molar-refractivity contribution in [3.05, 3.63) is 35.9 Å². The zero-order valence-electron chi connectivity index (χ0n) is 18.6. The van der Waals surface area contributed by atoms with E-state index in [1.807, 2.05) is 18.2 Å². The molecular formula is C23H34O8. The molecule has 0 saturated carbocycles. The van der Waals surface area contributed by atoms with E-state index in [1.165, 1.54) is 19.4 Å². The molecule has 0 aliphatic carbocycles. The van der Waals surface area contributed by atoms with Crippen LogP contribution in [0.3, 0.4) is 0 Å². The van der Waals surface area contributed by atoms with Gasteiger partial charge in [0, 0.05) is 6.61 Å². The van der Waals surface area contributed by atoms with Gasteiger partial charge in [0.1, 0.15) is 0 Å². The van der Waals surface area contributed by atoms with Gasteiger partial charge in [0.25, 0.3) is 5.60 Å². The number of esters is 3. The van der Waals surface area contributed by atoms with Crippen LogP contribution >= 0.6 is 0 Å². The minimum atomic E-state index is -2.94. The van der Waals surface area contributed by atoms with E-state index in [9.17, 15) is 19.5 Å². The van der Waals surface area contributed by atoms with Crippen LogP contribution in [0.5, 0.6) is 0 Å². The van der Waals surface area contributed by atoms with Crippen molar-refractivity contribution in [3.63, 3.8) is 0 Å². The van der Waals surface area contributed by atoms with Gasteiger partial charge in [-0.3, -0.25) is 0 Å². The quantitative estimate of drug-likeness (QED) is 0.193. The van der Waals surface area contributed by atoms with Crippen molar-refractivity contribution in [1.82, 2.24) is 0 Å². The number of benzene rings is 1. The largest absolute Gasteiger partial charge is 0.464 e. The molecule has 0 amide bonds. The molecule has 0 bridgehead atoms. The third kappa shape index (κ3) is 8.30. The Balaban J connectivity index is 2.69. The third-order valence-corrected chi connectivity index (χ3v) is 4.54. The van der Waals surface area contributed by atoms with E-state index >= 15 is 0 Å². The van der Waals surface area contributed by atoms with E-state index < -0.39 is 29.6 Å². The number of aryl methyl sites for hydroxylation is 1. The van der Waals surface area contributed by atoms with Crippen LogP contribution in [-0.4, -0.2) is 61.1 Å². The van der Waals surface area contributed by atoms with Gasteiger partial charge in [0.15, 0.2) is 0 Å². The maximum Gasteiger partial charge on any atom is 0.353 e. The predicted octanol–water partition coefficient (Wildman–Crippen LogP) is 2.60. The summed E-state index contributed by atoms with van der Waals surface area (Å²) < 4.78 is 20.0. The number of aliphatic hydroxyl groups is 1. The summed E-state index contributed by atoms with van der Waals surface area (Å²) in [5.41, 5.74) is -1.67. The molecule has 0 heterocycles. The summed E-state index contributed by atoms with van der Waals surface area (Å²) in [7, 11) is 0. The van der Waals surface area contributed by atoms with Crippen LogP contribution in [0.2, 0.25) is 0 Å². The Morgan fingerprint density at radius 2 is 1.39 bits per heavy atom. The van der Waals surface area contributed by atoms with Crippen LogP contribution in [0.15, 0.2) is 30.3 Å². The van der Waals surface area contributed by atoms with E-state index in [4.69, 9.17) is 18.9 Å². The lowest BCUT2D eigenvalue weighted by Gasteiger charge is -2.30. The molecule has 1 N–H and O–H groups in total. The van der Waals surface area contributed by atoms with Crippen molar-refractivity contribution in [3.8, 4) is 0 Å². The van der Waals surface area contributed by atoms with Crippen LogP contribution < -0.4 is 0 Å². The molecule has 174 valence electrons. The van der Waals surface area contributed by atoms with Crippen molar-refractivity contribution in [1.29, 1.82) is 0 Å². The Morgan fingerprint density at radius 3 is 1.94 bits per heavy atom. The summed E-state index contributed by atoms with van der Waals surface area (Å²) >= 11 is 0. The summed E-state index contributed by atoms with van der Waals surface area (Å²) in [6, 6.07) is 10.2. The lowest BCUT2D eigenvalue weighted by atomic mass is 9.96. The summed E-state index contributed by atoms with van der Waals surface area (Å²) in [6.07, 6.45) is 2.43. The third-order valence-electron chi connectivity index (χ3n) is 4.54. The SMILES string of the molecule is CCOC(=O)C(OCCCCCCc1ccccc1)C(O)(C(=O)OCC)C(=O)OCC. The smallest absolute Gasteiger partial charge is 0.353 e. The molecule has 1 aromatic carbocycles. The van der Waals surface area contributed by atoms with E-state index in [-0.39, 0.29) is 26.4 Å². The minimum absolute atomic E-state index is 0.0140. The maximum atomic E-state index is 12.4. The van der Waals surface area contributed by atoms with Gasteiger partial charge in [-0.15, -0.1) is 0 Å². The molecular weight excluding hydrogens is 404 g/mol. The normalized spacial score (nSPS) is 12.1. The van der Waals surface area contributed by atoms with Gasteiger partial charge in [-0.05, 0) is 45.6 Å². The number of hydrogen-bond acceptors (Lipinski definition) is 8. The van der Waals surface area contributed by atoms with E-state index in [0.717, 1.165) is 25.7 Å². The number of carbonyl (C=O) groups excluding carboxylic acids is 3. The molecule has 8 heteroatoms. The molecule has 0 spiro atoms. The Hall–Kier alpha value is -2.45. The fraction of sp³-hybridized carbons (Fsp3) is 0.609. The van der Waals surface area contributed by atoms with E-state index in [2.05, 4.69) is 12.1 Å². The van der Waals surface area contributed by atoms with Gasteiger partial charge < -0.3 is 24.1 Å². The Kier molecular flexibility index (Phi) is 12.5. The highest BCUT2D eigenvalue weighted by Crippen LogP contribution is 2.21. The maximum absolute atomic E-state index is 12.4. The zero-order valence-corrected chi connectivity index (χ0v) is 18.6. The second-order valence-corrected chi connectivity index (χ2v) is 6.86. The van der Waals surface area contributed by atoms with Crippen LogP contribution in [-0.2, 0) is 39.8 Å². The fourth-order valence-corrected chi connectivity index (χ4v) is 2.99. The Bertz CT molecular complexity index is 655. The number of hydrogen-bond donors (Lipinski definition) is 1. The second kappa shape index (κ2) is 14.5. The first-order valence-corrected chi connectivity index (χ1v) is 10.8. The van der Waals surface area contributed by atoms with E-state index in [0.29, 0.717) is 6.42 Å². The van der Waals surface area contributed by atoms with Crippen molar-refractivity contribution < 1.29 is 38.4 Å². The highest BCUT2D eigenvalue weighted by molar-refractivity contribution is 6.08. The molecule has 0 aromatic heterocycles. The highest BCUT2D eigenvalue weighted by Gasteiger charge is 2.58. The van der Waals surface area contributed by atoms with Crippen LogP contribution in [0, 0.1) is 0 Å². The van der Waals surface area contributed by atoms with Crippen LogP contribution in [0.4, 0.5) is 0 Å². The molecule has 1 unspecified atom stereocenters. The average Bonchev–Trinajstić information content (AvgIpc) is 2.76. The number of ether oxygens (including phenoxy) is 4. The van der Waals surface area contributed by atoms with Crippen molar-refractivity contribution >= 4 is 17.9 Å². The standard InChI is InChI=1S/C23H34O8/c1-4-28-20(24)19(23(27,21(25)29-5-2)22(26)30-6-3)31-17-13-8-7-10-14-18-15-11-9-12-16-18/h9,11-12,15-16,19,27H,4-8,10,13-14,17H2,1-3H3. The van der Waals surface area contributed by atoms with Gasteiger partial charge >= 0.3 is 17.9 Å². The zero-order chi connectivity index (χ0) is 23.1. The number of unbranched alkanes of at least 4 members (excludes halogenated alkanes) is 3. The lowest BCUT2D eigenvalue weighted by Crippen LogP contribution is -2.61. The molecule has 0 saturated heterocycles. The van der Waals surface area contributed by atoms with Gasteiger partial charge in [-0.25, -0.2) is 14.4 Å². The molecule has 0 aliphatic heterocycles. The van der Waals surface area contributed by atoms with Gasteiger partial charge in [0.2, 0.25) is 6.10 Å². The summed E-state index contributed by atoms with van der Waals surface area (Å²) in [6.45, 7) is 4.43. The van der Waals surface area contributed by atoms with Crippen molar-refractivity contribution in [2.45, 2.75) is 64.6 Å². The van der Waals surface area contributed by atoms with Crippen LogP contribution in [0.25, 0.3) is 0 Å². The Morgan fingerprint density at radius 1 is 0.839 bits per heavy atom. The number of carbonyl (C=O) groups is 3. The minimum Gasteiger partial charge on any atom is -0.464 e. The van der Waals surface area contributed by atoms with Gasteiger partial charge in [-0.1, -0.05) is 43.2 Å². The Labute approximate surface area is 183 Å². The van der Waals surface area contributed by atoms with E-state index in [1.54, 1.807) is 6.92 Å². The summed E-state index contributed by atoms with van der Waals surface area (Å²) in [5, 5.41) is 10.9. The summed E-state index contributed by atoms with van der Waals surface area (Å²) in [5.74, 6) is -3.65. The lowest BCUT2D eigenvalue weighted by molar-refractivity contribution is -0.208. The molecule has 1 atom stereocenters. The first kappa shape index (κ1) is 26.6. The van der Waals surface area contributed by atoms with Crippen molar-refractivity contribution in [2.24, 2.45) is 0 Å². The van der Waals surface area contributed by atoms with Gasteiger partial charge in [0.05, 0.1) is 19.8 Å². The molecule has 1 rings (SSSR count). The topological polar surface area (TPSA) is 108 Å². The molecule has 0 fully saturated rings. The van der Waals surface area contributed by atoms with Crippen molar-refractivity contribution in [2.75, 3.05) is 26.4 Å². The first-order chi connectivity index (χ1) is 14.9.